The second-order valence-electron chi connectivity index (χ2n) is 10.3. The number of nitrogens with one attached hydrogen (secondary N) is 1. The van der Waals surface area contributed by atoms with Gasteiger partial charge >= 0.3 is 5.97 Å². The number of carbonyl (C=O) groups is 2. The highest BCUT2D eigenvalue weighted by Crippen LogP contribution is 2.34. The van der Waals surface area contributed by atoms with E-state index in [1.165, 1.54) is 0 Å². The highest BCUT2D eigenvalue weighted by atomic mass is 16.5. The first kappa shape index (κ1) is 23.8. The summed E-state index contributed by atoms with van der Waals surface area (Å²) in [6, 6.07) is 7.24. The molecule has 4 aliphatic rings. The van der Waals surface area contributed by atoms with E-state index >= 15 is 0 Å². The van der Waals surface area contributed by atoms with Crippen molar-refractivity contribution in [3.05, 3.63) is 58.3 Å². The maximum absolute atomic E-state index is 13.2. The summed E-state index contributed by atoms with van der Waals surface area (Å²) in [6.07, 6.45) is 3.56. The molecule has 6 rings (SSSR count). The molecule has 194 valence electrons. The van der Waals surface area contributed by atoms with Gasteiger partial charge in [-0.05, 0) is 54.5 Å². The van der Waals surface area contributed by atoms with Gasteiger partial charge in [0.05, 0.1) is 17.2 Å². The van der Waals surface area contributed by atoms with Gasteiger partial charge in [-0.15, -0.1) is 5.12 Å². The quantitative estimate of drug-likeness (QED) is 0.581. The summed E-state index contributed by atoms with van der Waals surface area (Å²) >= 11 is 0. The number of aliphatic hydroxyl groups excluding tert-OH is 1. The van der Waals surface area contributed by atoms with Crippen molar-refractivity contribution in [2.75, 3.05) is 44.8 Å². The summed E-state index contributed by atoms with van der Waals surface area (Å²) in [7, 11) is 1.83. The van der Waals surface area contributed by atoms with Gasteiger partial charge in [-0.1, -0.05) is 6.07 Å². The van der Waals surface area contributed by atoms with Crippen molar-refractivity contribution in [2.24, 2.45) is 16.9 Å². The Bertz CT molecular complexity index is 1250. The number of nitrogens with zero attached hydrogens (tertiary/aromatic N) is 6. The molecule has 0 bridgehead atoms. The van der Waals surface area contributed by atoms with Crippen LogP contribution in [0, 0.1) is 18.8 Å². The number of anilines is 1. The van der Waals surface area contributed by atoms with Crippen LogP contribution in [0.2, 0.25) is 0 Å². The molecule has 2 saturated heterocycles. The molecule has 37 heavy (non-hydrogen) atoms. The van der Waals surface area contributed by atoms with Crippen LogP contribution in [-0.2, 0) is 11.3 Å². The smallest absolute Gasteiger partial charge is 0.338 e. The number of piperidine rings is 1. The molecule has 2 unspecified atom stereocenters. The SMILES string of the molecule is Cc1c([C@@H](O)CN2CC3CCN(C(=O)c4ccc(N5C=NNN5C)nc4)CC3C2)ccc2c1COC2=O. The van der Waals surface area contributed by atoms with Gasteiger partial charge < -0.3 is 14.7 Å². The molecule has 0 spiro atoms. The highest BCUT2D eigenvalue weighted by molar-refractivity contribution is 5.94. The van der Waals surface area contributed by atoms with Gasteiger partial charge in [0, 0.05) is 51.5 Å². The van der Waals surface area contributed by atoms with E-state index < -0.39 is 6.10 Å². The van der Waals surface area contributed by atoms with Crippen molar-refractivity contribution in [3.63, 3.8) is 0 Å². The number of likely N-dealkylation sites (tertiary alicyclic amines) is 2. The van der Waals surface area contributed by atoms with Crippen LogP contribution in [0.15, 0.2) is 35.6 Å². The third kappa shape index (κ3) is 4.32. The number of hydrazone groups is 1. The molecule has 4 aliphatic heterocycles. The highest BCUT2D eigenvalue weighted by Gasteiger charge is 2.39. The number of β-amino-alcohol motifs (C(OH)–C–C–N with tert-alkyl or cyclic N) is 1. The number of carbonyl (C=O) groups excluding carboxylic acids is 2. The number of aromatic nitrogens is 1. The molecule has 1 amide bonds. The molecular formula is C26H31N7O4. The maximum atomic E-state index is 13.2. The van der Waals surface area contributed by atoms with Gasteiger partial charge in [0.2, 0.25) is 0 Å². The molecule has 1 aromatic heterocycles. The second-order valence-corrected chi connectivity index (χ2v) is 10.3. The Hall–Kier alpha value is -3.54. The van der Waals surface area contributed by atoms with Crippen molar-refractivity contribution < 1.29 is 19.4 Å². The Morgan fingerprint density at radius 1 is 1.22 bits per heavy atom. The van der Waals surface area contributed by atoms with Crippen LogP contribution in [0.25, 0.3) is 0 Å². The largest absolute Gasteiger partial charge is 0.457 e. The predicted octanol–water partition coefficient (Wildman–Crippen LogP) is 1.30. The lowest BCUT2D eigenvalue weighted by atomic mass is 9.88. The molecule has 2 N–H and O–H groups in total. The van der Waals surface area contributed by atoms with E-state index in [-0.39, 0.29) is 18.5 Å². The van der Waals surface area contributed by atoms with Crippen LogP contribution in [0.3, 0.4) is 0 Å². The number of aliphatic hydroxyl groups is 1. The number of esters is 1. The van der Waals surface area contributed by atoms with Gasteiger partial charge in [-0.25, -0.2) is 20.3 Å². The predicted molar refractivity (Wildman–Crippen MR) is 135 cm³/mol. The number of fused-ring (bicyclic) bond motifs is 2. The molecule has 0 radical (unpaired) electrons. The minimum atomic E-state index is -0.640. The van der Waals surface area contributed by atoms with E-state index in [1.54, 1.807) is 28.7 Å². The third-order valence-corrected chi connectivity index (χ3v) is 8.08. The van der Waals surface area contributed by atoms with Crippen molar-refractivity contribution in [2.45, 2.75) is 26.1 Å². The fraction of sp³-hybridized carbons (Fsp3) is 0.462. The number of pyridine rings is 1. The van der Waals surface area contributed by atoms with E-state index in [4.69, 9.17) is 4.74 Å². The summed E-state index contributed by atoms with van der Waals surface area (Å²) in [5, 5.41) is 18.5. The van der Waals surface area contributed by atoms with E-state index in [1.807, 2.05) is 37.1 Å². The molecule has 0 saturated carbocycles. The number of hydrazine groups is 2. The third-order valence-electron chi connectivity index (χ3n) is 8.08. The van der Waals surface area contributed by atoms with Gasteiger partial charge in [-0.3, -0.25) is 9.69 Å². The molecule has 2 aromatic rings. The molecule has 11 nitrogen and oxygen atoms in total. The topological polar surface area (TPSA) is 114 Å². The zero-order valence-electron chi connectivity index (χ0n) is 21.0. The summed E-state index contributed by atoms with van der Waals surface area (Å²) in [5.74, 6) is 1.28. The number of cyclic esters (lactones) is 1. The average Bonchev–Trinajstić information content (AvgIpc) is 3.61. The second kappa shape index (κ2) is 9.40. The van der Waals surface area contributed by atoms with Crippen LogP contribution >= 0.6 is 0 Å². The number of amides is 1. The molecule has 0 aliphatic carbocycles. The van der Waals surface area contributed by atoms with Crippen molar-refractivity contribution in [1.82, 2.24) is 25.4 Å². The van der Waals surface area contributed by atoms with Crippen molar-refractivity contribution in [1.29, 1.82) is 0 Å². The number of ether oxygens (including phenoxy) is 1. The summed E-state index contributed by atoms with van der Waals surface area (Å²) in [5.41, 5.74) is 6.64. The molecular weight excluding hydrogens is 474 g/mol. The van der Waals surface area contributed by atoms with E-state index in [0.29, 0.717) is 41.9 Å². The van der Waals surface area contributed by atoms with Crippen LogP contribution < -0.4 is 10.5 Å². The fourth-order valence-electron chi connectivity index (χ4n) is 6.00. The average molecular weight is 506 g/mol. The lowest BCUT2D eigenvalue weighted by Crippen LogP contribution is -2.43. The zero-order chi connectivity index (χ0) is 25.7. The number of hydrogen-bond acceptors (Lipinski definition) is 10. The van der Waals surface area contributed by atoms with Crippen LogP contribution in [0.4, 0.5) is 5.82 Å². The van der Waals surface area contributed by atoms with Crippen LogP contribution in [0.5, 0.6) is 0 Å². The maximum Gasteiger partial charge on any atom is 0.338 e. The number of rotatable bonds is 5. The monoisotopic (exact) mass is 505 g/mol. The van der Waals surface area contributed by atoms with Crippen LogP contribution in [-0.4, -0.2) is 83.0 Å². The Morgan fingerprint density at radius 2 is 2.05 bits per heavy atom. The Labute approximate surface area is 215 Å². The van der Waals surface area contributed by atoms with Crippen LogP contribution in [0.1, 0.15) is 49.9 Å². The number of benzene rings is 1. The van der Waals surface area contributed by atoms with Crippen molar-refractivity contribution >= 4 is 24.0 Å². The molecule has 5 heterocycles. The fourth-order valence-corrected chi connectivity index (χ4v) is 6.00. The first-order valence-corrected chi connectivity index (χ1v) is 12.7. The van der Waals surface area contributed by atoms with Gasteiger partial charge in [-0.2, -0.15) is 5.10 Å². The van der Waals surface area contributed by atoms with Crippen molar-refractivity contribution in [3.8, 4) is 0 Å². The lowest BCUT2D eigenvalue weighted by Gasteiger charge is -2.34. The summed E-state index contributed by atoms with van der Waals surface area (Å²) in [6.45, 7) is 5.96. The summed E-state index contributed by atoms with van der Waals surface area (Å²) in [4.78, 5) is 33.7. The Kier molecular flexibility index (Phi) is 6.06. The minimum Gasteiger partial charge on any atom is -0.457 e. The first-order valence-electron chi connectivity index (χ1n) is 12.7. The zero-order valence-corrected chi connectivity index (χ0v) is 21.0. The lowest BCUT2D eigenvalue weighted by molar-refractivity contribution is 0.0534. The summed E-state index contributed by atoms with van der Waals surface area (Å²) < 4.78 is 5.15. The molecule has 1 aromatic carbocycles. The standard InChI is InChI=1S/C26H31N7O4/c1-16-20(4-5-21-22(16)14-37-26(21)36)23(34)13-31-10-18-7-8-32(12-19(18)11-31)25(35)17-3-6-24(27-9-17)33-15-28-29-30(33)2/h3-6,9,15,18-19,23,29,34H,7-8,10-14H2,1-2H3/t18?,19?,23-/m0/s1. The van der Waals surface area contributed by atoms with E-state index in [0.717, 1.165) is 42.7 Å². The minimum absolute atomic E-state index is 0.00286. The van der Waals surface area contributed by atoms with Gasteiger partial charge in [0.15, 0.2) is 0 Å². The Morgan fingerprint density at radius 3 is 2.81 bits per heavy atom. The molecule has 2 fully saturated rings. The molecule has 11 heteroatoms. The first-order chi connectivity index (χ1) is 17.9. The van der Waals surface area contributed by atoms with Gasteiger partial charge in [0.1, 0.15) is 18.8 Å². The number of hydrogen-bond donors (Lipinski definition) is 2. The Balaban J connectivity index is 1.07. The van der Waals surface area contributed by atoms with Gasteiger partial charge in [0.25, 0.3) is 5.91 Å². The normalized spacial score (nSPS) is 24.1. The van der Waals surface area contributed by atoms with E-state index in [9.17, 15) is 14.7 Å². The van der Waals surface area contributed by atoms with E-state index in [2.05, 4.69) is 20.5 Å². The molecule has 3 atom stereocenters.